The number of amides is 1. The van der Waals surface area contributed by atoms with Crippen LogP contribution in [0.4, 0.5) is 4.79 Å². The average Bonchev–Trinajstić information content (AvgIpc) is 2.58. The van der Waals surface area contributed by atoms with Crippen molar-refractivity contribution in [3.05, 3.63) is 71.3 Å². The molecule has 4 nitrogen and oxygen atoms in total. The number of aromatic nitrogens is 1. The average molecular weight is 318 g/mol. The molecule has 0 saturated heterocycles. The first-order valence-corrected chi connectivity index (χ1v) is 8.10. The van der Waals surface area contributed by atoms with Gasteiger partial charge in [0.05, 0.1) is 12.1 Å². The monoisotopic (exact) mass is 318 g/mol. The normalized spacial score (nSPS) is 13.7. The third-order valence-electron chi connectivity index (χ3n) is 4.32. The van der Waals surface area contributed by atoms with E-state index in [-0.39, 0.29) is 6.09 Å². The number of pyridine rings is 1. The topological polar surface area (TPSA) is 42.4 Å². The van der Waals surface area contributed by atoms with Gasteiger partial charge < -0.3 is 9.64 Å². The third kappa shape index (κ3) is 2.83. The van der Waals surface area contributed by atoms with Crippen molar-refractivity contribution in [2.45, 2.75) is 19.9 Å². The summed E-state index contributed by atoms with van der Waals surface area (Å²) in [7, 11) is 0. The molecule has 1 aliphatic heterocycles. The molecule has 0 aliphatic carbocycles. The van der Waals surface area contributed by atoms with E-state index >= 15 is 0 Å². The molecule has 3 aromatic rings. The molecule has 0 N–H and O–H groups in total. The summed E-state index contributed by atoms with van der Waals surface area (Å²) in [5.41, 5.74) is 4.26. The van der Waals surface area contributed by atoms with Crippen molar-refractivity contribution in [1.82, 2.24) is 9.88 Å². The van der Waals surface area contributed by atoms with E-state index < -0.39 is 0 Å². The minimum atomic E-state index is -0.321. The number of rotatable bonds is 3. The van der Waals surface area contributed by atoms with Crippen molar-refractivity contribution in [3.63, 3.8) is 0 Å². The Morgan fingerprint density at radius 1 is 1.12 bits per heavy atom. The molecule has 120 valence electrons. The van der Waals surface area contributed by atoms with Crippen LogP contribution in [0.2, 0.25) is 0 Å². The number of para-hydroxylation sites is 1. The maximum absolute atomic E-state index is 12.2. The zero-order chi connectivity index (χ0) is 16.5. The van der Waals surface area contributed by atoms with Crippen LogP contribution in [-0.2, 0) is 13.0 Å². The fraction of sp³-hybridized carbons (Fsp3) is 0.200. The molecule has 2 aromatic carbocycles. The molecule has 0 fully saturated rings. The molecule has 24 heavy (non-hydrogen) atoms. The van der Waals surface area contributed by atoms with Crippen LogP contribution in [-0.4, -0.2) is 22.5 Å². The minimum absolute atomic E-state index is 0.321. The number of fused-ring (bicyclic) bond motifs is 2. The number of benzene rings is 2. The summed E-state index contributed by atoms with van der Waals surface area (Å²) in [5.74, 6) is 0.436. The minimum Gasteiger partial charge on any atom is -0.391 e. The Morgan fingerprint density at radius 3 is 2.88 bits per heavy atom. The number of aryl methyl sites for hydroxylation is 1. The van der Waals surface area contributed by atoms with E-state index in [1.165, 1.54) is 11.1 Å². The summed E-state index contributed by atoms with van der Waals surface area (Å²) in [5, 5.41) is 1.06. The first-order chi connectivity index (χ1) is 11.7. The van der Waals surface area contributed by atoms with Crippen molar-refractivity contribution in [2.75, 3.05) is 6.54 Å². The van der Waals surface area contributed by atoms with Gasteiger partial charge >= 0.3 is 6.09 Å². The van der Waals surface area contributed by atoms with E-state index in [4.69, 9.17) is 4.74 Å². The molecule has 0 bridgehead atoms. The Hall–Kier alpha value is -2.88. The number of carbonyl (C=O) groups is 1. The van der Waals surface area contributed by atoms with Crippen molar-refractivity contribution in [2.24, 2.45) is 0 Å². The van der Waals surface area contributed by atoms with Crippen LogP contribution >= 0.6 is 0 Å². The van der Waals surface area contributed by atoms with Gasteiger partial charge in [-0.05, 0) is 31.0 Å². The molecule has 0 spiro atoms. The summed E-state index contributed by atoms with van der Waals surface area (Å²) in [6.45, 7) is 3.25. The number of nitrogens with zero attached hydrogens (tertiary/aromatic N) is 2. The quantitative estimate of drug-likeness (QED) is 0.730. The highest BCUT2D eigenvalue weighted by molar-refractivity contribution is 5.82. The van der Waals surface area contributed by atoms with E-state index in [1.54, 1.807) is 4.90 Å². The van der Waals surface area contributed by atoms with Gasteiger partial charge in [0.1, 0.15) is 0 Å². The summed E-state index contributed by atoms with van der Waals surface area (Å²) in [6, 6.07) is 18.3. The van der Waals surface area contributed by atoms with Crippen molar-refractivity contribution >= 4 is 17.0 Å². The largest absolute Gasteiger partial charge is 0.416 e. The molecular weight excluding hydrogens is 300 g/mol. The number of carbonyl (C=O) groups excluding carboxylic acids is 1. The molecule has 0 radical (unpaired) electrons. The number of hydrogen-bond acceptors (Lipinski definition) is 3. The Morgan fingerprint density at radius 2 is 2.00 bits per heavy atom. The molecule has 1 amide bonds. The fourth-order valence-corrected chi connectivity index (χ4v) is 3.06. The van der Waals surface area contributed by atoms with E-state index in [2.05, 4.69) is 36.2 Å². The van der Waals surface area contributed by atoms with E-state index in [0.29, 0.717) is 19.0 Å². The van der Waals surface area contributed by atoms with Crippen LogP contribution in [0, 0.1) is 6.92 Å². The van der Waals surface area contributed by atoms with Gasteiger partial charge in [0, 0.05) is 17.5 Å². The lowest BCUT2D eigenvalue weighted by Gasteiger charge is -2.27. The van der Waals surface area contributed by atoms with E-state index in [9.17, 15) is 4.79 Å². The first kappa shape index (κ1) is 14.7. The number of hydrogen-bond donors (Lipinski definition) is 0. The molecule has 2 heterocycles. The maximum Gasteiger partial charge on any atom is 0.416 e. The smallest absolute Gasteiger partial charge is 0.391 e. The van der Waals surface area contributed by atoms with Crippen LogP contribution in [0.3, 0.4) is 0 Å². The van der Waals surface area contributed by atoms with Gasteiger partial charge in [0.25, 0.3) is 0 Å². The maximum atomic E-state index is 12.2. The standard InChI is InChI=1S/C20H18N2O2/c1-14-5-4-6-15(11-14)9-10-22-13-17-12-16-7-2-3-8-18(16)21-19(17)24-20(22)23/h2-8,11-12H,9-10,13H2,1H3. The van der Waals surface area contributed by atoms with Gasteiger partial charge in [0.2, 0.25) is 5.88 Å². The molecule has 1 aromatic heterocycles. The zero-order valence-corrected chi connectivity index (χ0v) is 13.5. The second-order valence-electron chi connectivity index (χ2n) is 6.17. The molecule has 0 saturated carbocycles. The van der Waals surface area contributed by atoms with Crippen LogP contribution in [0.25, 0.3) is 10.9 Å². The van der Waals surface area contributed by atoms with Crippen LogP contribution in [0.15, 0.2) is 54.6 Å². The fourth-order valence-electron chi connectivity index (χ4n) is 3.06. The molecular formula is C20H18N2O2. The summed E-state index contributed by atoms with van der Waals surface area (Å²) in [6.07, 6.45) is 0.491. The molecule has 4 rings (SSSR count). The summed E-state index contributed by atoms with van der Waals surface area (Å²) < 4.78 is 5.44. The van der Waals surface area contributed by atoms with Crippen molar-refractivity contribution < 1.29 is 9.53 Å². The van der Waals surface area contributed by atoms with Gasteiger partial charge in [-0.15, -0.1) is 0 Å². The van der Waals surface area contributed by atoms with Gasteiger partial charge in [-0.1, -0.05) is 48.0 Å². The SMILES string of the molecule is Cc1cccc(CCN2Cc3cc4ccccc4nc3OC2=O)c1. The van der Waals surface area contributed by atoms with Crippen LogP contribution in [0.5, 0.6) is 5.88 Å². The predicted octanol–water partition coefficient (Wildman–Crippen LogP) is 4.10. The second-order valence-corrected chi connectivity index (χ2v) is 6.17. The van der Waals surface area contributed by atoms with Crippen molar-refractivity contribution in [1.29, 1.82) is 0 Å². The first-order valence-electron chi connectivity index (χ1n) is 8.10. The highest BCUT2D eigenvalue weighted by Gasteiger charge is 2.26. The zero-order valence-electron chi connectivity index (χ0n) is 13.5. The summed E-state index contributed by atoms with van der Waals surface area (Å²) in [4.78, 5) is 18.4. The van der Waals surface area contributed by atoms with E-state index in [0.717, 1.165) is 22.9 Å². The van der Waals surface area contributed by atoms with Crippen molar-refractivity contribution in [3.8, 4) is 5.88 Å². The number of ether oxygens (including phenoxy) is 1. The molecule has 0 atom stereocenters. The summed E-state index contributed by atoms with van der Waals surface area (Å²) >= 11 is 0. The van der Waals surface area contributed by atoms with Crippen LogP contribution < -0.4 is 4.74 Å². The Labute approximate surface area is 140 Å². The lowest BCUT2D eigenvalue weighted by atomic mass is 10.1. The van der Waals surface area contributed by atoms with Gasteiger partial charge in [0.15, 0.2) is 0 Å². The molecule has 0 unspecified atom stereocenters. The van der Waals surface area contributed by atoms with E-state index in [1.807, 2.05) is 30.3 Å². The van der Waals surface area contributed by atoms with Gasteiger partial charge in [-0.25, -0.2) is 9.78 Å². The Kier molecular flexibility index (Phi) is 3.65. The molecule has 1 aliphatic rings. The van der Waals surface area contributed by atoms with Gasteiger partial charge in [-0.2, -0.15) is 0 Å². The third-order valence-corrected chi connectivity index (χ3v) is 4.32. The predicted molar refractivity (Wildman–Crippen MR) is 93.1 cm³/mol. The Balaban J connectivity index is 1.54. The highest BCUT2D eigenvalue weighted by Crippen LogP contribution is 2.27. The Bertz CT molecular complexity index is 920. The lowest BCUT2D eigenvalue weighted by molar-refractivity contribution is 0.137. The second kappa shape index (κ2) is 5.96. The lowest BCUT2D eigenvalue weighted by Crippen LogP contribution is -2.38. The highest BCUT2D eigenvalue weighted by atomic mass is 16.6. The molecule has 4 heteroatoms. The van der Waals surface area contributed by atoms with Crippen LogP contribution in [0.1, 0.15) is 16.7 Å². The van der Waals surface area contributed by atoms with Gasteiger partial charge in [-0.3, -0.25) is 0 Å².